The lowest BCUT2D eigenvalue weighted by Crippen LogP contribution is -2.17. The van der Waals surface area contributed by atoms with E-state index in [-0.39, 0.29) is 125 Å². The van der Waals surface area contributed by atoms with E-state index < -0.39 is 75.9 Å². The molecule has 0 atom stereocenters. The zero-order valence-electron chi connectivity index (χ0n) is 70.2. The van der Waals surface area contributed by atoms with Crippen LogP contribution in [0.25, 0.3) is 132 Å². The molecule has 0 N–H and O–H groups in total. The van der Waals surface area contributed by atoms with Crippen molar-refractivity contribution >= 4 is 110 Å². The summed E-state index contributed by atoms with van der Waals surface area (Å²) in [6, 6.07) is 43.7. The summed E-state index contributed by atoms with van der Waals surface area (Å²) < 4.78 is 260. The zero-order valence-corrected chi connectivity index (χ0v) is 70.2. The first-order valence-electron chi connectivity index (χ1n) is 41.9. The molecule has 1 fully saturated rings. The van der Waals surface area contributed by atoms with Crippen LogP contribution >= 0.6 is 0 Å². The van der Waals surface area contributed by atoms with Crippen LogP contribution in [0.2, 0.25) is 0 Å². The van der Waals surface area contributed by atoms with Gasteiger partial charge in [-0.1, -0.05) is 102 Å². The molecule has 1 aliphatic rings. The highest BCUT2D eigenvalue weighted by Gasteiger charge is 2.35. The fourth-order valence-corrected chi connectivity index (χ4v) is 15.8. The standard InChI is InChI=1S/C22H17F3O2.C22H24F2O2.C22H18F2O2.C19H20F2O3.C15H9F5O3/c1-3-12-5-6-13(17(23)11-12)14-7-8-15-16-9-10-18(26-4-2)20(25)22(16)27-21(15)19(14)24;2*1-3-13-5-7-14(8-6-13)15-9-10-16-17-11-12-18(25-4-2)20(24)22(17)26-21(16)19(15)23;1-3-5-6-11-23-15-10-8-13-12-7-9-14(22-4-2)16(20)18(12)24-19(13)17(15)21;1-2-21-9-5-3-7-8-4-6-10(23-15(18,19)20)12(17)14(8)22-13(7)11(9)16/h5-11H,3-4H2,1-2H3;9-14H,3-8H2,1-2H3;5-12H,3-4H2,1-2H3;7-10H,3-6,11H2,1-2H3;3-6H,2H2,1H3. The van der Waals surface area contributed by atoms with Crippen molar-refractivity contribution in [1.82, 2.24) is 0 Å². The van der Waals surface area contributed by atoms with Gasteiger partial charge in [0.1, 0.15) is 5.82 Å². The number of benzene rings is 12. The highest BCUT2D eigenvalue weighted by atomic mass is 19.4. The second-order valence-electron chi connectivity index (χ2n) is 29.9. The molecule has 17 aromatic rings. The molecular formula is C100H88F14O12. The van der Waals surface area contributed by atoms with E-state index in [0.717, 1.165) is 74.5 Å². The van der Waals surface area contributed by atoms with E-state index in [1.165, 1.54) is 54.4 Å². The minimum atomic E-state index is -5.05. The van der Waals surface area contributed by atoms with Crippen molar-refractivity contribution in [3.63, 3.8) is 0 Å². The smallest absolute Gasteiger partial charge is 0.491 e. The molecule has 658 valence electrons. The molecule has 12 aromatic carbocycles. The second kappa shape index (κ2) is 38.8. The Bertz CT molecular complexity index is 6810. The molecule has 126 heavy (non-hydrogen) atoms. The molecule has 0 bridgehead atoms. The van der Waals surface area contributed by atoms with Gasteiger partial charge in [-0.15, -0.1) is 13.2 Å². The molecule has 26 heteroatoms. The van der Waals surface area contributed by atoms with E-state index in [1.54, 1.807) is 113 Å². The first-order chi connectivity index (χ1) is 60.8. The van der Waals surface area contributed by atoms with E-state index in [9.17, 15) is 48.3 Å². The summed E-state index contributed by atoms with van der Waals surface area (Å²) in [6.45, 7) is 19.0. The lowest BCUT2D eigenvalue weighted by Gasteiger charge is -2.28. The fourth-order valence-electron chi connectivity index (χ4n) is 15.8. The molecule has 1 saturated carbocycles. The average Bonchev–Trinajstić information content (AvgIpc) is 1.63. The Labute approximate surface area is 714 Å². The van der Waals surface area contributed by atoms with Crippen LogP contribution in [0.4, 0.5) is 61.5 Å². The second-order valence-corrected chi connectivity index (χ2v) is 29.9. The Morgan fingerprint density at radius 2 is 0.595 bits per heavy atom. The number of alkyl halides is 3. The Morgan fingerprint density at radius 1 is 0.294 bits per heavy atom. The van der Waals surface area contributed by atoms with Gasteiger partial charge in [0.15, 0.2) is 114 Å². The number of ether oxygens (including phenoxy) is 7. The van der Waals surface area contributed by atoms with Crippen LogP contribution < -0.4 is 33.2 Å². The summed E-state index contributed by atoms with van der Waals surface area (Å²) in [7, 11) is 0. The quantitative estimate of drug-likeness (QED) is 0.0473. The minimum Gasteiger partial charge on any atom is -0.491 e. The van der Waals surface area contributed by atoms with E-state index in [0.29, 0.717) is 93.7 Å². The van der Waals surface area contributed by atoms with Gasteiger partial charge in [0.25, 0.3) is 0 Å². The van der Waals surface area contributed by atoms with Gasteiger partial charge < -0.3 is 55.2 Å². The van der Waals surface area contributed by atoms with Gasteiger partial charge in [-0.2, -0.15) is 30.7 Å². The van der Waals surface area contributed by atoms with Crippen LogP contribution in [0.3, 0.4) is 0 Å². The molecule has 0 aliphatic heterocycles. The normalized spacial score (nSPS) is 13.5. The number of hydrogen-bond donors (Lipinski definition) is 0. The first-order valence-corrected chi connectivity index (χ1v) is 41.9. The molecule has 12 nitrogen and oxygen atoms in total. The van der Waals surface area contributed by atoms with Crippen LogP contribution in [-0.4, -0.2) is 46.0 Å². The predicted molar refractivity (Wildman–Crippen MR) is 460 cm³/mol. The Balaban J connectivity index is 0.000000128. The lowest BCUT2D eigenvalue weighted by molar-refractivity contribution is -0.275. The number of hydrogen-bond acceptors (Lipinski definition) is 12. The molecule has 1 aliphatic carbocycles. The molecule has 0 saturated heterocycles. The Kier molecular flexibility index (Phi) is 27.6. The van der Waals surface area contributed by atoms with Crippen molar-refractivity contribution < 1.29 is 117 Å². The maximum atomic E-state index is 15.2. The van der Waals surface area contributed by atoms with Gasteiger partial charge in [0.2, 0.25) is 40.7 Å². The van der Waals surface area contributed by atoms with Crippen molar-refractivity contribution in [2.75, 3.05) is 39.6 Å². The molecule has 18 rings (SSSR count). The molecule has 5 aromatic heterocycles. The van der Waals surface area contributed by atoms with Gasteiger partial charge in [-0.3, -0.25) is 0 Å². The lowest BCUT2D eigenvalue weighted by atomic mass is 9.77. The summed E-state index contributed by atoms with van der Waals surface area (Å²) in [6.07, 6.45) is 5.00. The van der Waals surface area contributed by atoms with Crippen LogP contribution in [0.1, 0.15) is 136 Å². The van der Waals surface area contributed by atoms with Crippen LogP contribution in [0.15, 0.2) is 186 Å². The molecule has 0 amide bonds. The summed E-state index contributed by atoms with van der Waals surface area (Å²) >= 11 is 0. The van der Waals surface area contributed by atoms with Crippen molar-refractivity contribution in [3.05, 3.63) is 244 Å². The summed E-state index contributed by atoms with van der Waals surface area (Å²) in [5, 5.41) is 4.55. The third-order valence-electron chi connectivity index (χ3n) is 22.2. The highest BCUT2D eigenvalue weighted by molar-refractivity contribution is 6.10. The number of halogens is 14. The molecule has 5 heterocycles. The summed E-state index contributed by atoms with van der Waals surface area (Å²) in [5.41, 5.74) is 3.44. The topological polar surface area (TPSA) is 130 Å². The van der Waals surface area contributed by atoms with Gasteiger partial charge in [0.05, 0.1) is 39.6 Å². The van der Waals surface area contributed by atoms with Gasteiger partial charge in [-0.25, -0.2) is 17.6 Å². The number of fused-ring (bicyclic) bond motifs is 15. The van der Waals surface area contributed by atoms with Crippen LogP contribution in [0.5, 0.6) is 40.2 Å². The maximum Gasteiger partial charge on any atom is 0.573 e. The summed E-state index contributed by atoms with van der Waals surface area (Å²) in [4.78, 5) is 0. The first kappa shape index (κ1) is 89.5. The number of rotatable bonds is 22. The summed E-state index contributed by atoms with van der Waals surface area (Å²) in [5.74, 6) is -6.95. The van der Waals surface area contributed by atoms with Crippen molar-refractivity contribution in [2.45, 2.75) is 139 Å². The third-order valence-corrected chi connectivity index (χ3v) is 22.2. The van der Waals surface area contributed by atoms with E-state index in [1.807, 2.05) is 43.3 Å². The van der Waals surface area contributed by atoms with Gasteiger partial charge in [0, 0.05) is 70.6 Å². The molecular weight excluding hydrogens is 1660 g/mol. The third kappa shape index (κ3) is 18.0. The SMILES string of the molecule is CCCCCOc1ccc2c(oc3c(F)c(OCC)ccc32)c1F.CCOc1ccc2c(oc3c(F)c(-c4ccc(CC)cc4)ccc32)c1F.CCOc1ccc2c(oc3c(F)c(-c4ccc(CC)cc4F)ccc32)c1F.CCOc1ccc2c(oc3c(F)c(C4CCC(CC)CC4)ccc32)c1F.CCOc1ccc2c(oc3c(F)c(OC(F)(F)F)ccc32)c1F. The largest absolute Gasteiger partial charge is 0.573 e. The number of furan rings is 5. The van der Waals surface area contributed by atoms with Crippen LogP contribution in [-0.2, 0) is 12.8 Å². The average molecular weight is 1750 g/mol. The Morgan fingerprint density at radius 3 is 0.937 bits per heavy atom. The van der Waals surface area contributed by atoms with Crippen LogP contribution in [0, 0.1) is 69.9 Å². The van der Waals surface area contributed by atoms with Crippen molar-refractivity contribution in [3.8, 4) is 62.5 Å². The van der Waals surface area contributed by atoms with Crippen molar-refractivity contribution in [1.29, 1.82) is 0 Å². The van der Waals surface area contributed by atoms with E-state index in [4.69, 9.17) is 50.5 Å². The predicted octanol–water partition coefficient (Wildman–Crippen LogP) is 31.1. The Hall–Kier alpha value is -12.7. The van der Waals surface area contributed by atoms with E-state index in [2.05, 4.69) is 25.5 Å². The molecule has 0 radical (unpaired) electrons. The monoisotopic (exact) mass is 1750 g/mol. The fraction of sp³-hybridized carbons (Fsp3) is 0.280. The number of aryl methyl sites for hydroxylation is 2. The van der Waals surface area contributed by atoms with Crippen molar-refractivity contribution in [2.24, 2.45) is 5.92 Å². The highest BCUT2D eigenvalue weighted by Crippen LogP contribution is 2.47. The van der Waals surface area contributed by atoms with E-state index >= 15 is 13.2 Å². The molecule has 0 spiro atoms. The minimum absolute atomic E-state index is 0.00187. The number of unbranched alkanes of at least 4 members (excludes halogenated alkanes) is 2. The van der Waals surface area contributed by atoms with Gasteiger partial charge >= 0.3 is 6.36 Å². The van der Waals surface area contributed by atoms with Gasteiger partial charge in [-0.05, 0) is 223 Å². The molecule has 0 unspecified atom stereocenters. The maximum absolute atomic E-state index is 15.2. The zero-order chi connectivity index (χ0) is 89.5.